The third-order valence-electron chi connectivity index (χ3n) is 5.35. The van der Waals surface area contributed by atoms with Gasteiger partial charge in [-0.05, 0) is 68.6 Å². The average molecular weight is 326 g/mol. The Morgan fingerprint density at radius 1 is 1.25 bits per heavy atom. The van der Waals surface area contributed by atoms with Crippen LogP contribution < -0.4 is 5.32 Å². The summed E-state index contributed by atoms with van der Waals surface area (Å²) < 4.78 is 5.71. The molecule has 0 saturated carbocycles. The lowest BCUT2D eigenvalue weighted by atomic mass is 9.80. The molecule has 3 unspecified atom stereocenters. The lowest BCUT2D eigenvalue weighted by Gasteiger charge is -2.48. The molecular weight excluding hydrogens is 304 g/mol. The summed E-state index contributed by atoms with van der Waals surface area (Å²) in [5.74, 6) is 1.59. The minimum absolute atomic E-state index is 0.147. The lowest BCUT2D eigenvalue weighted by Crippen LogP contribution is -2.60. The maximum atomic E-state index is 12.5. The standard InChI is InChI=1S/C19H22N2O3/c1-12-10-14-8-9-21(12)11-16(14)20-19(23)18-7-6-17(24-18)13-2-4-15(22)5-3-13/h2-7,12,14,16,22H,8-11H2,1H3,(H,20,23)/t12?,14?,16-/m0/s1. The summed E-state index contributed by atoms with van der Waals surface area (Å²) >= 11 is 0. The number of phenols is 1. The first-order chi connectivity index (χ1) is 11.6. The number of nitrogens with one attached hydrogen (secondary N) is 1. The molecule has 1 aromatic carbocycles. The molecule has 3 aliphatic heterocycles. The third-order valence-corrected chi connectivity index (χ3v) is 5.35. The zero-order valence-corrected chi connectivity index (χ0v) is 13.7. The monoisotopic (exact) mass is 326 g/mol. The van der Waals surface area contributed by atoms with Crippen LogP contribution in [0.25, 0.3) is 11.3 Å². The number of hydrogen-bond donors (Lipinski definition) is 2. The number of fused-ring (bicyclic) bond motifs is 3. The summed E-state index contributed by atoms with van der Waals surface area (Å²) in [6.45, 7) is 4.34. The van der Waals surface area contributed by atoms with Crippen LogP contribution in [0.5, 0.6) is 5.75 Å². The van der Waals surface area contributed by atoms with Gasteiger partial charge >= 0.3 is 0 Å². The highest BCUT2D eigenvalue weighted by molar-refractivity contribution is 5.92. The molecule has 0 spiro atoms. The Morgan fingerprint density at radius 2 is 2.04 bits per heavy atom. The molecule has 3 aliphatic rings. The summed E-state index contributed by atoms with van der Waals surface area (Å²) in [5.41, 5.74) is 0.837. The van der Waals surface area contributed by atoms with Gasteiger partial charge in [0.05, 0.1) is 0 Å². The number of aromatic hydroxyl groups is 1. The van der Waals surface area contributed by atoms with Gasteiger partial charge in [-0.15, -0.1) is 0 Å². The largest absolute Gasteiger partial charge is 0.508 e. The molecule has 3 saturated heterocycles. The molecule has 4 atom stereocenters. The predicted octanol–water partition coefficient (Wildman–Crippen LogP) is 2.86. The van der Waals surface area contributed by atoms with Crippen molar-refractivity contribution in [1.82, 2.24) is 10.2 Å². The van der Waals surface area contributed by atoms with E-state index in [2.05, 4.69) is 17.1 Å². The van der Waals surface area contributed by atoms with Crippen LogP contribution in [0, 0.1) is 5.92 Å². The Labute approximate surface area is 141 Å². The van der Waals surface area contributed by atoms with Crippen molar-refractivity contribution in [3.05, 3.63) is 42.2 Å². The number of carbonyl (C=O) groups is 1. The number of phenolic OH excluding ortho intramolecular Hbond substituents is 1. The Kier molecular flexibility index (Phi) is 3.81. The molecule has 0 radical (unpaired) electrons. The number of rotatable bonds is 3. The van der Waals surface area contributed by atoms with E-state index < -0.39 is 0 Å². The van der Waals surface area contributed by atoms with Crippen molar-refractivity contribution >= 4 is 5.91 Å². The summed E-state index contributed by atoms with van der Waals surface area (Å²) in [7, 11) is 0. The normalized spacial score (nSPS) is 28.7. The van der Waals surface area contributed by atoms with Gasteiger partial charge in [-0.3, -0.25) is 9.69 Å². The highest BCUT2D eigenvalue weighted by Crippen LogP contribution is 2.32. The van der Waals surface area contributed by atoms with Gasteiger partial charge in [-0.25, -0.2) is 0 Å². The van der Waals surface area contributed by atoms with Gasteiger partial charge in [0.1, 0.15) is 11.5 Å². The van der Waals surface area contributed by atoms with Gasteiger partial charge < -0.3 is 14.8 Å². The van der Waals surface area contributed by atoms with Crippen LogP contribution in [-0.4, -0.2) is 41.1 Å². The van der Waals surface area contributed by atoms with Crippen LogP contribution in [0.4, 0.5) is 0 Å². The molecule has 1 amide bonds. The van der Waals surface area contributed by atoms with Crippen LogP contribution in [0.15, 0.2) is 40.8 Å². The van der Waals surface area contributed by atoms with E-state index in [1.165, 1.54) is 0 Å². The summed E-state index contributed by atoms with van der Waals surface area (Å²) in [6.07, 6.45) is 2.31. The van der Waals surface area contributed by atoms with Gasteiger partial charge in [-0.1, -0.05) is 0 Å². The fourth-order valence-corrected chi connectivity index (χ4v) is 3.94. The molecule has 0 aliphatic carbocycles. The van der Waals surface area contributed by atoms with Gasteiger partial charge in [0.15, 0.2) is 5.76 Å². The zero-order valence-electron chi connectivity index (χ0n) is 13.7. The molecular formula is C19H22N2O3. The SMILES string of the molecule is CC1CC2CCN1C[C@@H]2NC(=O)c1ccc(-c2ccc(O)cc2)o1. The van der Waals surface area contributed by atoms with E-state index in [-0.39, 0.29) is 17.7 Å². The van der Waals surface area contributed by atoms with E-state index in [4.69, 9.17) is 4.42 Å². The van der Waals surface area contributed by atoms with Gasteiger partial charge in [0.2, 0.25) is 0 Å². The second kappa shape index (κ2) is 5.98. The number of nitrogens with zero attached hydrogens (tertiary/aromatic N) is 1. The molecule has 2 aromatic rings. The molecule has 4 heterocycles. The van der Waals surface area contributed by atoms with E-state index in [1.54, 1.807) is 36.4 Å². The molecule has 2 N–H and O–H groups in total. The molecule has 2 bridgehead atoms. The number of carbonyl (C=O) groups excluding carboxylic acids is 1. The summed E-state index contributed by atoms with van der Waals surface area (Å²) in [6, 6.07) is 11.1. The molecule has 5 nitrogen and oxygen atoms in total. The van der Waals surface area contributed by atoms with Gasteiger partial charge in [-0.2, -0.15) is 0 Å². The fraction of sp³-hybridized carbons (Fsp3) is 0.421. The molecule has 24 heavy (non-hydrogen) atoms. The Balaban J connectivity index is 1.45. The average Bonchev–Trinajstić information content (AvgIpc) is 3.07. The summed E-state index contributed by atoms with van der Waals surface area (Å²) in [4.78, 5) is 15.0. The van der Waals surface area contributed by atoms with E-state index >= 15 is 0 Å². The third kappa shape index (κ3) is 2.80. The highest BCUT2D eigenvalue weighted by atomic mass is 16.3. The quantitative estimate of drug-likeness (QED) is 0.910. The van der Waals surface area contributed by atoms with E-state index in [9.17, 15) is 9.90 Å². The van der Waals surface area contributed by atoms with Crippen LogP contribution >= 0.6 is 0 Å². The second-order valence-corrected chi connectivity index (χ2v) is 6.92. The number of amides is 1. The fourth-order valence-electron chi connectivity index (χ4n) is 3.94. The first-order valence-electron chi connectivity index (χ1n) is 8.54. The van der Waals surface area contributed by atoms with Crippen LogP contribution in [0.1, 0.15) is 30.3 Å². The molecule has 3 fully saturated rings. The van der Waals surface area contributed by atoms with Crippen LogP contribution in [0.2, 0.25) is 0 Å². The Morgan fingerprint density at radius 3 is 2.71 bits per heavy atom. The van der Waals surface area contributed by atoms with Gasteiger partial charge in [0.25, 0.3) is 5.91 Å². The van der Waals surface area contributed by atoms with Crippen LogP contribution in [0.3, 0.4) is 0 Å². The first-order valence-corrected chi connectivity index (χ1v) is 8.54. The molecule has 126 valence electrons. The first kappa shape index (κ1) is 15.3. The highest BCUT2D eigenvalue weighted by Gasteiger charge is 2.39. The Bertz CT molecular complexity index is 737. The molecule has 5 rings (SSSR count). The number of furan rings is 1. The van der Waals surface area contributed by atoms with E-state index in [0.717, 1.165) is 31.5 Å². The zero-order chi connectivity index (χ0) is 16.7. The molecule has 5 heteroatoms. The van der Waals surface area contributed by atoms with Crippen molar-refractivity contribution in [2.24, 2.45) is 5.92 Å². The summed E-state index contributed by atoms with van der Waals surface area (Å²) in [5, 5.41) is 12.5. The minimum atomic E-state index is -0.147. The van der Waals surface area contributed by atoms with E-state index in [0.29, 0.717) is 23.5 Å². The topological polar surface area (TPSA) is 65.7 Å². The predicted molar refractivity (Wildman–Crippen MR) is 90.8 cm³/mol. The smallest absolute Gasteiger partial charge is 0.287 e. The maximum absolute atomic E-state index is 12.5. The van der Waals surface area contributed by atoms with Crippen molar-refractivity contribution in [2.45, 2.75) is 31.8 Å². The Hall–Kier alpha value is -2.27. The maximum Gasteiger partial charge on any atom is 0.287 e. The van der Waals surface area contributed by atoms with Crippen molar-refractivity contribution in [1.29, 1.82) is 0 Å². The minimum Gasteiger partial charge on any atom is -0.508 e. The van der Waals surface area contributed by atoms with Crippen LogP contribution in [-0.2, 0) is 0 Å². The second-order valence-electron chi connectivity index (χ2n) is 6.92. The number of benzene rings is 1. The van der Waals surface area contributed by atoms with Gasteiger partial charge in [0, 0.05) is 24.2 Å². The van der Waals surface area contributed by atoms with E-state index in [1.807, 2.05) is 0 Å². The van der Waals surface area contributed by atoms with Crippen molar-refractivity contribution < 1.29 is 14.3 Å². The number of piperidine rings is 3. The number of hydrogen-bond acceptors (Lipinski definition) is 4. The lowest BCUT2D eigenvalue weighted by molar-refractivity contribution is 0.0269. The molecule has 1 aromatic heterocycles. The van der Waals surface area contributed by atoms with Crippen molar-refractivity contribution in [2.75, 3.05) is 13.1 Å². The van der Waals surface area contributed by atoms with Crippen molar-refractivity contribution in [3.8, 4) is 17.1 Å². The van der Waals surface area contributed by atoms with Crippen molar-refractivity contribution in [3.63, 3.8) is 0 Å².